The molecule has 0 aromatic heterocycles. The summed E-state index contributed by atoms with van der Waals surface area (Å²) in [5.74, 6) is 0. The Kier molecular flexibility index (Phi) is 5.97. The third-order valence-corrected chi connectivity index (χ3v) is 4.60. The van der Waals surface area contributed by atoms with E-state index in [0.29, 0.717) is 24.6 Å². The van der Waals surface area contributed by atoms with E-state index in [0.717, 1.165) is 11.1 Å². The van der Waals surface area contributed by atoms with E-state index in [4.69, 9.17) is 14.2 Å². The van der Waals surface area contributed by atoms with Crippen LogP contribution in [0, 0.1) is 20.2 Å². The first kappa shape index (κ1) is 20.6. The molecule has 0 aliphatic carbocycles. The Morgan fingerprint density at radius 1 is 0.774 bits per heavy atom. The normalized spacial score (nSPS) is 21.8. The highest BCUT2D eigenvalue weighted by Gasteiger charge is 2.42. The third-order valence-electron chi connectivity index (χ3n) is 4.60. The Labute approximate surface area is 174 Å². The van der Waals surface area contributed by atoms with Crippen LogP contribution in [0.25, 0.3) is 0 Å². The summed E-state index contributed by atoms with van der Waals surface area (Å²) in [5.41, 5.74) is 2.34. The minimum Gasteiger partial charge on any atom is -0.370 e. The molecule has 31 heavy (non-hydrogen) atoms. The number of benzene rings is 2. The van der Waals surface area contributed by atoms with E-state index in [2.05, 4.69) is 20.7 Å². The van der Waals surface area contributed by atoms with E-state index in [9.17, 15) is 20.2 Å². The molecule has 4 rings (SSSR count). The van der Waals surface area contributed by atoms with Crippen molar-refractivity contribution in [2.45, 2.75) is 24.4 Å². The molecule has 0 saturated carbocycles. The second-order valence-corrected chi connectivity index (χ2v) is 6.76. The Morgan fingerprint density at radius 3 is 1.42 bits per heavy atom. The maximum atomic E-state index is 10.3. The van der Waals surface area contributed by atoms with Crippen LogP contribution in [0.3, 0.4) is 0 Å². The van der Waals surface area contributed by atoms with Crippen LogP contribution in [0.2, 0.25) is 0 Å². The van der Waals surface area contributed by atoms with Gasteiger partial charge in [-0.15, -0.1) is 0 Å². The Hall–Kier alpha value is -3.68. The largest absolute Gasteiger partial charge is 0.370 e. The second kappa shape index (κ2) is 8.99. The SMILES string of the molecule is O=[N+]([O-])N=Nc1ccc(C(OC(c2ccc(N=N[N+](=O)[O-])cc2)C2CO2)C2CO2)cc1. The topological polar surface area (TPSA) is 170 Å². The Morgan fingerprint density at radius 2 is 1.13 bits per heavy atom. The third kappa shape index (κ3) is 5.69. The average molecular weight is 428 g/mol. The van der Waals surface area contributed by atoms with Crippen LogP contribution in [0.1, 0.15) is 23.3 Å². The Bertz CT molecular complexity index is 922. The van der Waals surface area contributed by atoms with E-state index in [-0.39, 0.29) is 24.4 Å². The van der Waals surface area contributed by atoms with Crippen LogP contribution in [0.5, 0.6) is 0 Å². The molecule has 0 bridgehead atoms. The molecule has 4 atom stereocenters. The summed E-state index contributed by atoms with van der Waals surface area (Å²) in [5, 5.41) is 31.7. The molecular formula is C18H16N6O7. The van der Waals surface area contributed by atoms with E-state index in [1.54, 1.807) is 48.5 Å². The summed E-state index contributed by atoms with van der Waals surface area (Å²) >= 11 is 0. The zero-order valence-corrected chi connectivity index (χ0v) is 15.9. The molecule has 0 N–H and O–H groups in total. The zero-order chi connectivity index (χ0) is 21.8. The number of epoxide rings is 2. The van der Waals surface area contributed by atoms with Gasteiger partial charge in [0, 0.05) is 0 Å². The molecular weight excluding hydrogens is 412 g/mol. The van der Waals surface area contributed by atoms with Crippen molar-refractivity contribution in [2.75, 3.05) is 13.2 Å². The smallest absolute Gasteiger partial charge is 0.203 e. The first-order valence-electron chi connectivity index (χ1n) is 9.20. The number of ether oxygens (including phenoxy) is 3. The summed E-state index contributed by atoms with van der Waals surface area (Å²) < 4.78 is 17.3. The standard InChI is InChI=1S/C18H16N6O7/c25-23(26)21-19-13-5-1-11(2-6-13)17(15-9-29-15)31-18(16-10-30-16)12-3-7-14(8-4-12)20-22-24(27)28/h1-8,15-18H,9-10H2. The number of rotatable bonds is 10. The van der Waals surface area contributed by atoms with Gasteiger partial charge in [-0.2, -0.15) is 0 Å². The van der Waals surface area contributed by atoms with Crippen LogP contribution >= 0.6 is 0 Å². The number of hydrogen-bond acceptors (Lipinski definition) is 9. The van der Waals surface area contributed by atoms with Gasteiger partial charge in [-0.1, -0.05) is 24.3 Å². The van der Waals surface area contributed by atoms with E-state index < -0.39 is 10.1 Å². The van der Waals surface area contributed by atoms with Crippen molar-refractivity contribution in [1.82, 2.24) is 0 Å². The van der Waals surface area contributed by atoms with Crippen molar-refractivity contribution in [1.29, 1.82) is 0 Å². The molecule has 2 saturated heterocycles. The highest BCUT2D eigenvalue weighted by atomic mass is 16.7. The van der Waals surface area contributed by atoms with Crippen molar-refractivity contribution in [3.05, 3.63) is 79.9 Å². The van der Waals surface area contributed by atoms with Crippen molar-refractivity contribution >= 4 is 11.4 Å². The van der Waals surface area contributed by atoms with Crippen molar-refractivity contribution in [3.63, 3.8) is 0 Å². The van der Waals surface area contributed by atoms with Crippen LogP contribution in [-0.2, 0) is 14.2 Å². The lowest BCUT2D eigenvalue weighted by Crippen LogP contribution is -2.19. The lowest BCUT2D eigenvalue weighted by atomic mass is 10.0. The van der Waals surface area contributed by atoms with Crippen molar-refractivity contribution < 1.29 is 24.3 Å². The first-order valence-corrected chi connectivity index (χ1v) is 9.20. The van der Waals surface area contributed by atoms with Crippen molar-refractivity contribution in [3.8, 4) is 0 Å². The fourth-order valence-corrected chi connectivity index (χ4v) is 3.02. The fourth-order valence-electron chi connectivity index (χ4n) is 3.02. The number of nitrogens with zero attached hydrogens (tertiary/aromatic N) is 6. The molecule has 2 aromatic carbocycles. The highest BCUT2D eigenvalue weighted by Crippen LogP contribution is 2.40. The predicted octanol–water partition coefficient (Wildman–Crippen LogP) is 3.83. The van der Waals surface area contributed by atoms with Gasteiger partial charge in [0.15, 0.2) is 10.4 Å². The van der Waals surface area contributed by atoms with Gasteiger partial charge < -0.3 is 34.4 Å². The number of hydrogen-bond donors (Lipinski definition) is 0. The second-order valence-electron chi connectivity index (χ2n) is 6.76. The van der Waals surface area contributed by atoms with E-state index >= 15 is 0 Å². The van der Waals surface area contributed by atoms with Gasteiger partial charge in [0.1, 0.15) is 24.4 Å². The Balaban J connectivity index is 1.51. The molecule has 2 aromatic rings. The lowest BCUT2D eigenvalue weighted by molar-refractivity contribution is -0.493. The maximum absolute atomic E-state index is 10.3. The molecule has 2 fully saturated rings. The van der Waals surface area contributed by atoms with Crippen LogP contribution in [-0.4, -0.2) is 35.5 Å². The lowest BCUT2D eigenvalue weighted by Gasteiger charge is -2.23. The molecule has 0 amide bonds. The average Bonchev–Trinajstić information content (AvgIpc) is 3.66. The van der Waals surface area contributed by atoms with Crippen LogP contribution < -0.4 is 0 Å². The molecule has 2 aliphatic heterocycles. The quantitative estimate of drug-likeness (QED) is 0.239. The summed E-state index contributed by atoms with van der Waals surface area (Å²) in [4.78, 5) is 20.6. The number of nitro groups is 2. The summed E-state index contributed by atoms with van der Waals surface area (Å²) in [6.07, 6.45) is -1.02. The van der Waals surface area contributed by atoms with Crippen LogP contribution in [0.15, 0.2) is 69.2 Å². The van der Waals surface area contributed by atoms with Gasteiger partial charge in [0.05, 0.1) is 33.5 Å². The van der Waals surface area contributed by atoms with Gasteiger partial charge in [0.2, 0.25) is 11.4 Å². The monoisotopic (exact) mass is 428 g/mol. The molecule has 2 heterocycles. The molecule has 0 radical (unpaired) electrons. The van der Waals surface area contributed by atoms with Gasteiger partial charge in [0.25, 0.3) is 0 Å². The minimum atomic E-state index is -0.873. The maximum Gasteiger partial charge on any atom is 0.203 e. The molecule has 0 spiro atoms. The van der Waals surface area contributed by atoms with E-state index in [1.807, 2.05) is 0 Å². The predicted molar refractivity (Wildman–Crippen MR) is 102 cm³/mol. The van der Waals surface area contributed by atoms with Gasteiger partial charge in [-0.05, 0) is 35.4 Å². The molecule has 13 heteroatoms. The minimum absolute atomic E-state index is 0.124. The fraction of sp³-hybridized carbons (Fsp3) is 0.333. The van der Waals surface area contributed by atoms with Gasteiger partial charge in [-0.25, -0.2) is 0 Å². The molecule has 2 aliphatic rings. The van der Waals surface area contributed by atoms with Crippen LogP contribution in [0.4, 0.5) is 11.4 Å². The summed E-state index contributed by atoms with van der Waals surface area (Å²) in [6, 6.07) is 13.5. The first-order chi connectivity index (χ1) is 15.0. The zero-order valence-electron chi connectivity index (χ0n) is 15.9. The van der Waals surface area contributed by atoms with Crippen molar-refractivity contribution in [2.24, 2.45) is 20.7 Å². The summed E-state index contributed by atoms with van der Waals surface area (Å²) in [7, 11) is 0. The van der Waals surface area contributed by atoms with Gasteiger partial charge in [-0.3, -0.25) is 0 Å². The highest BCUT2D eigenvalue weighted by molar-refractivity contribution is 5.40. The molecule has 4 unspecified atom stereocenters. The molecule has 13 nitrogen and oxygen atoms in total. The molecule has 160 valence electrons. The summed E-state index contributed by atoms with van der Waals surface area (Å²) in [6.45, 7) is 1.10. The van der Waals surface area contributed by atoms with Gasteiger partial charge >= 0.3 is 0 Å². The van der Waals surface area contributed by atoms with E-state index in [1.165, 1.54) is 0 Å².